The number of nitrogens with zero attached hydrogens (tertiary/aromatic N) is 3. The molecule has 0 amide bonds. The van der Waals surface area contributed by atoms with Gasteiger partial charge in [-0.3, -0.25) is 0 Å². The molecule has 0 aliphatic heterocycles. The predicted molar refractivity (Wildman–Crippen MR) is 258 cm³/mol. The second-order valence-corrected chi connectivity index (χ2v) is 16.3. The van der Waals surface area contributed by atoms with Crippen molar-refractivity contribution in [2.24, 2.45) is 0 Å². The summed E-state index contributed by atoms with van der Waals surface area (Å²) in [5, 5.41) is 0. The van der Waals surface area contributed by atoms with Crippen LogP contribution in [0.5, 0.6) is 0 Å². The normalized spacial score (nSPS) is 12.3. The summed E-state index contributed by atoms with van der Waals surface area (Å²) in [7, 11) is 0. The number of para-hydroxylation sites is 5. The van der Waals surface area contributed by atoms with Gasteiger partial charge in [-0.05, 0) is 131 Å². The molecule has 0 saturated heterocycles. The number of anilines is 9. The minimum atomic E-state index is -0.217. The summed E-state index contributed by atoms with van der Waals surface area (Å²) in [5.41, 5.74) is 18.5. The van der Waals surface area contributed by atoms with Gasteiger partial charge in [-0.1, -0.05) is 159 Å². The maximum Gasteiger partial charge on any atom is 0.0503 e. The maximum absolute atomic E-state index is 2.44. The predicted octanol–water partition coefficient (Wildman–Crippen LogP) is 16.4. The van der Waals surface area contributed by atoms with E-state index in [1.807, 2.05) is 0 Å². The minimum Gasteiger partial charge on any atom is -0.310 e. The Balaban J connectivity index is 1.22. The Hall–Kier alpha value is -7.62. The van der Waals surface area contributed by atoms with Crippen LogP contribution in [-0.4, -0.2) is 0 Å². The van der Waals surface area contributed by atoms with E-state index in [4.69, 9.17) is 0 Å². The first-order chi connectivity index (χ1) is 29.9. The van der Waals surface area contributed by atoms with E-state index in [-0.39, 0.29) is 5.41 Å². The summed E-state index contributed by atoms with van der Waals surface area (Å²) in [4.78, 5) is 7.15. The van der Waals surface area contributed by atoms with E-state index in [9.17, 15) is 0 Å². The molecule has 0 bridgehead atoms. The third kappa shape index (κ3) is 7.04. The molecule has 0 atom stereocenters. The van der Waals surface area contributed by atoms with Gasteiger partial charge in [0.25, 0.3) is 0 Å². The molecular formula is C58H47N3. The van der Waals surface area contributed by atoms with E-state index in [0.717, 1.165) is 51.2 Å². The minimum absolute atomic E-state index is 0.217. The monoisotopic (exact) mass is 785 g/mol. The fourth-order valence-corrected chi connectivity index (χ4v) is 9.08. The topological polar surface area (TPSA) is 9.72 Å². The summed E-state index contributed by atoms with van der Waals surface area (Å²) < 4.78 is 0. The highest BCUT2D eigenvalue weighted by Gasteiger charge is 2.37. The summed E-state index contributed by atoms with van der Waals surface area (Å²) >= 11 is 0. The van der Waals surface area contributed by atoms with Crippen molar-refractivity contribution in [1.29, 1.82) is 0 Å². The van der Waals surface area contributed by atoms with Crippen molar-refractivity contribution in [3.8, 4) is 22.3 Å². The van der Waals surface area contributed by atoms with Crippen LogP contribution in [0.25, 0.3) is 22.3 Å². The van der Waals surface area contributed by atoms with Crippen LogP contribution in [-0.2, 0) is 5.41 Å². The van der Waals surface area contributed by atoms with E-state index < -0.39 is 0 Å². The number of hydrogen-bond donors (Lipinski definition) is 0. The SMILES string of the molecule is Cc1ccc(-c2cccc3c2-c2ccc(N(c4ccccc4)c4cc(N(c5ccccc5)c5ccccc5)cc(N(c5ccccc5)c5ccccc5)c4)cc2C3(C)C)cc1. The van der Waals surface area contributed by atoms with Crippen LogP contribution >= 0.6 is 0 Å². The van der Waals surface area contributed by atoms with Crippen molar-refractivity contribution in [3.05, 3.63) is 247 Å². The van der Waals surface area contributed by atoms with E-state index >= 15 is 0 Å². The third-order valence-corrected chi connectivity index (χ3v) is 12.0. The van der Waals surface area contributed by atoms with Crippen LogP contribution in [0.1, 0.15) is 30.5 Å². The van der Waals surface area contributed by atoms with Gasteiger partial charge in [0, 0.05) is 39.5 Å². The van der Waals surface area contributed by atoms with Gasteiger partial charge >= 0.3 is 0 Å². The van der Waals surface area contributed by atoms with E-state index in [0.29, 0.717) is 0 Å². The van der Waals surface area contributed by atoms with Gasteiger partial charge in [-0.2, -0.15) is 0 Å². The standard InChI is InChI=1S/C58H47N3/c1-42-32-34-43(35-33-42)53-30-19-31-55-57(53)54-37-36-49(41-56(54)58(55,2)3)61(48-28-17-8-18-29-48)52-39-50(59(44-20-9-4-10-21-44)45-22-11-5-12-23-45)38-51(40-52)60(46-24-13-6-14-25-46)47-26-15-7-16-27-47/h4-41H,1-3H3. The van der Waals surface area contributed by atoms with Crippen molar-refractivity contribution < 1.29 is 0 Å². The van der Waals surface area contributed by atoms with Crippen LogP contribution in [0.4, 0.5) is 51.2 Å². The molecule has 1 aliphatic carbocycles. The highest BCUT2D eigenvalue weighted by molar-refractivity contribution is 5.95. The lowest BCUT2D eigenvalue weighted by atomic mass is 9.81. The maximum atomic E-state index is 2.44. The molecule has 0 radical (unpaired) electrons. The molecule has 0 fully saturated rings. The van der Waals surface area contributed by atoms with Gasteiger partial charge in [-0.25, -0.2) is 0 Å². The highest BCUT2D eigenvalue weighted by atomic mass is 15.2. The smallest absolute Gasteiger partial charge is 0.0503 e. The first-order valence-electron chi connectivity index (χ1n) is 21.1. The van der Waals surface area contributed by atoms with Crippen LogP contribution in [0.3, 0.4) is 0 Å². The van der Waals surface area contributed by atoms with Gasteiger partial charge in [0.15, 0.2) is 0 Å². The van der Waals surface area contributed by atoms with Crippen molar-refractivity contribution in [2.45, 2.75) is 26.2 Å². The Morgan fingerprint density at radius 2 is 0.689 bits per heavy atom. The molecule has 1 aliphatic rings. The highest BCUT2D eigenvalue weighted by Crippen LogP contribution is 2.54. The van der Waals surface area contributed by atoms with E-state index in [2.05, 4.69) is 266 Å². The molecular weight excluding hydrogens is 739 g/mol. The van der Waals surface area contributed by atoms with Crippen LogP contribution in [0.2, 0.25) is 0 Å². The summed E-state index contributed by atoms with van der Waals surface area (Å²) in [6.45, 7) is 6.90. The van der Waals surface area contributed by atoms with Crippen molar-refractivity contribution in [2.75, 3.05) is 14.7 Å². The molecule has 61 heavy (non-hydrogen) atoms. The summed E-state index contributed by atoms with van der Waals surface area (Å²) in [6, 6.07) is 83.4. The molecule has 0 spiro atoms. The number of aryl methyl sites for hydroxylation is 1. The zero-order chi connectivity index (χ0) is 41.3. The average Bonchev–Trinajstić information content (AvgIpc) is 3.54. The first-order valence-corrected chi connectivity index (χ1v) is 21.1. The second-order valence-electron chi connectivity index (χ2n) is 16.3. The van der Waals surface area contributed by atoms with Crippen molar-refractivity contribution in [3.63, 3.8) is 0 Å². The lowest BCUT2D eigenvalue weighted by Crippen LogP contribution is -2.18. The molecule has 9 aromatic rings. The van der Waals surface area contributed by atoms with Crippen molar-refractivity contribution in [1.82, 2.24) is 0 Å². The molecule has 0 unspecified atom stereocenters. The van der Waals surface area contributed by atoms with Crippen LogP contribution < -0.4 is 14.7 Å². The molecule has 3 heteroatoms. The summed E-state index contributed by atoms with van der Waals surface area (Å²) in [5.74, 6) is 0. The number of fused-ring (bicyclic) bond motifs is 3. The molecule has 0 heterocycles. The molecule has 294 valence electrons. The third-order valence-electron chi connectivity index (χ3n) is 12.0. The average molecular weight is 786 g/mol. The van der Waals surface area contributed by atoms with Gasteiger partial charge in [0.2, 0.25) is 0 Å². The van der Waals surface area contributed by atoms with E-state index in [1.54, 1.807) is 0 Å². The molecule has 9 aromatic carbocycles. The van der Waals surface area contributed by atoms with Crippen molar-refractivity contribution >= 4 is 51.2 Å². The van der Waals surface area contributed by atoms with Gasteiger partial charge in [0.05, 0.1) is 17.1 Å². The molecule has 3 nitrogen and oxygen atoms in total. The second kappa shape index (κ2) is 15.9. The Labute approximate surface area is 360 Å². The Morgan fingerprint density at radius 1 is 0.295 bits per heavy atom. The molecule has 0 N–H and O–H groups in total. The number of benzene rings is 9. The Kier molecular flexibility index (Phi) is 9.78. The fourth-order valence-electron chi connectivity index (χ4n) is 9.08. The number of hydrogen-bond acceptors (Lipinski definition) is 3. The lowest BCUT2D eigenvalue weighted by Gasteiger charge is -2.33. The van der Waals surface area contributed by atoms with Gasteiger partial charge in [-0.15, -0.1) is 0 Å². The molecule has 10 rings (SSSR count). The molecule has 0 aromatic heterocycles. The van der Waals surface area contributed by atoms with Gasteiger partial charge in [0.1, 0.15) is 0 Å². The largest absolute Gasteiger partial charge is 0.310 e. The lowest BCUT2D eigenvalue weighted by molar-refractivity contribution is 0.660. The quantitative estimate of drug-likeness (QED) is 0.137. The number of rotatable bonds is 10. The van der Waals surface area contributed by atoms with Gasteiger partial charge < -0.3 is 14.7 Å². The Bertz CT molecular complexity index is 2750. The summed E-state index contributed by atoms with van der Waals surface area (Å²) in [6.07, 6.45) is 0. The van der Waals surface area contributed by atoms with Crippen LogP contribution in [0, 0.1) is 6.92 Å². The van der Waals surface area contributed by atoms with Crippen LogP contribution in [0.15, 0.2) is 231 Å². The first kappa shape index (κ1) is 37.6. The molecule has 0 saturated carbocycles. The zero-order valence-electron chi connectivity index (χ0n) is 34.8. The zero-order valence-corrected chi connectivity index (χ0v) is 34.8. The Morgan fingerprint density at radius 3 is 1.10 bits per heavy atom. The fraction of sp³-hybridized carbons (Fsp3) is 0.0690. The van der Waals surface area contributed by atoms with E-state index in [1.165, 1.54) is 38.9 Å².